The molecule has 4 rings (SSSR count). The zero-order valence-corrected chi connectivity index (χ0v) is 19.2. The molecule has 1 N–H and O–H groups in total. The molecular formula is C28H28N2O3. The van der Waals surface area contributed by atoms with E-state index in [1.807, 2.05) is 105 Å². The maximum absolute atomic E-state index is 13.4. The van der Waals surface area contributed by atoms with Crippen molar-refractivity contribution in [3.63, 3.8) is 0 Å². The van der Waals surface area contributed by atoms with Gasteiger partial charge in [0.2, 0.25) is 0 Å². The minimum atomic E-state index is -0.681. The number of amides is 1. The molecule has 1 unspecified atom stereocenters. The fourth-order valence-corrected chi connectivity index (χ4v) is 4.17. The van der Waals surface area contributed by atoms with Crippen LogP contribution in [0.4, 0.5) is 11.4 Å². The molecule has 1 aliphatic heterocycles. The third-order valence-electron chi connectivity index (χ3n) is 6.03. The van der Waals surface area contributed by atoms with E-state index in [0.717, 1.165) is 22.4 Å². The number of anilines is 2. The number of carbonyl (C=O) groups is 2. The van der Waals surface area contributed by atoms with Crippen LogP contribution in [0.3, 0.4) is 0 Å². The molecule has 1 atom stereocenters. The molecule has 5 heteroatoms. The minimum Gasteiger partial charge on any atom is -0.503 e. The highest BCUT2D eigenvalue weighted by atomic mass is 16.3. The summed E-state index contributed by atoms with van der Waals surface area (Å²) >= 11 is 0. The Morgan fingerprint density at radius 1 is 0.939 bits per heavy atom. The molecule has 3 aromatic rings. The van der Waals surface area contributed by atoms with E-state index in [2.05, 4.69) is 0 Å². The van der Waals surface area contributed by atoms with Crippen LogP contribution in [0.2, 0.25) is 0 Å². The van der Waals surface area contributed by atoms with Crippen LogP contribution in [0.5, 0.6) is 0 Å². The molecule has 0 aromatic heterocycles. The molecule has 0 radical (unpaired) electrons. The van der Waals surface area contributed by atoms with Crippen LogP contribution in [-0.2, 0) is 16.0 Å². The van der Waals surface area contributed by atoms with Crippen LogP contribution in [0, 0.1) is 6.92 Å². The van der Waals surface area contributed by atoms with E-state index in [1.165, 1.54) is 4.90 Å². The fourth-order valence-electron chi connectivity index (χ4n) is 4.17. The Hall–Kier alpha value is -3.86. The molecule has 0 aliphatic carbocycles. The van der Waals surface area contributed by atoms with Crippen LogP contribution in [-0.4, -0.2) is 30.9 Å². The number of nitrogens with zero attached hydrogens (tertiary/aromatic N) is 2. The first kappa shape index (κ1) is 22.3. The van der Waals surface area contributed by atoms with Gasteiger partial charge < -0.3 is 10.0 Å². The summed E-state index contributed by atoms with van der Waals surface area (Å²) in [6, 6.07) is 24.3. The van der Waals surface area contributed by atoms with Gasteiger partial charge in [-0.3, -0.25) is 14.5 Å². The molecule has 0 fully saturated rings. The van der Waals surface area contributed by atoms with Gasteiger partial charge in [-0.1, -0.05) is 60.2 Å². The molecule has 3 aromatic carbocycles. The van der Waals surface area contributed by atoms with Crippen molar-refractivity contribution in [3.05, 3.63) is 107 Å². The Bertz CT molecular complexity index is 1180. The van der Waals surface area contributed by atoms with E-state index in [4.69, 9.17) is 0 Å². The first-order valence-electron chi connectivity index (χ1n) is 11.0. The van der Waals surface area contributed by atoms with Crippen molar-refractivity contribution in [3.8, 4) is 0 Å². The van der Waals surface area contributed by atoms with E-state index in [1.54, 1.807) is 0 Å². The second-order valence-electron chi connectivity index (χ2n) is 8.57. The van der Waals surface area contributed by atoms with Crippen LogP contribution >= 0.6 is 0 Å². The number of aliphatic hydroxyl groups is 1. The Balaban J connectivity index is 1.72. The highest BCUT2D eigenvalue weighted by Crippen LogP contribution is 2.41. The van der Waals surface area contributed by atoms with Gasteiger partial charge >= 0.3 is 0 Å². The van der Waals surface area contributed by atoms with Crippen molar-refractivity contribution in [1.82, 2.24) is 0 Å². The van der Waals surface area contributed by atoms with Crippen molar-refractivity contribution < 1.29 is 14.7 Å². The summed E-state index contributed by atoms with van der Waals surface area (Å²) in [5.41, 5.74) is 4.70. The molecule has 0 saturated heterocycles. The predicted molar refractivity (Wildman–Crippen MR) is 132 cm³/mol. The van der Waals surface area contributed by atoms with Gasteiger partial charge in [0, 0.05) is 31.9 Å². The monoisotopic (exact) mass is 440 g/mol. The normalized spacial score (nSPS) is 15.8. The van der Waals surface area contributed by atoms with E-state index in [9.17, 15) is 14.7 Å². The number of hydrogen-bond donors (Lipinski definition) is 1. The molecule has 0 saturated carbocycles. The number of carbonyl (C=O) groups excluding carboxylic acids is 2. The number of aryl methyl sites for hydroxylation is 2. The van der Waals surface area contributed by atoms with Crippen LogP contribution < -0.4 is 9.80 Å². The summed E-state index contributed by atoms with van der Waals surface area (Å²) in [6.45, 7) is 1.97. The van der Waals surface area contributed by atoms with Crippen molar-refractivity contribution in [2.45, 2.75) is 25.8 Å². The van der Waals surface area contributed by atoms with E-state index in [-0.39, 0.29) is 17.8 Å². The van der Waals surface area contributed by atoms with Gasteiger partial charge in [0.25, 0.3) is 5.91 Å². The summed E-state index contributed by atoms with van der Waals surface area (Å²) < 4.78 is 0. The third kappa shape index (κ3) is 4.53. The first-order chi connectivity index (χ1) is 15.9. The number of Topliss-reactive ketones (excluding diaryl/α,β-unsaturated/α-hetero) is 1. The number of hydrogen-bond acceptors (Lipinski definition) is 4. The maximum Gasteiger partial charge on any atom is 0.294 e. The summed E-state index contributed by atoms with van der Waals surface area (Å²) in [6.07, 6.45) is 0.756. The second kappa shape index (κ2) is 9.33. The first-order valence-corrected chi connectivity index (χ1v) is 11.0. The van der Waals surface area contributed by atoms with Gasteiger partial charge in [0.05, 0.1) is 11.6 Å². The quantitative estimate of drug-likeness (QED) is 0.551. The van der Waals surface area contributed by atoms with E-state index >= 15 is 0 Å². The lowest BCUT2D eigenvalue weighted by molar-refractivity contribution is -0.118. The Morgan fingerprint density at radius 3 is 2.18 bits per heavy atom. The number of ketones is 1. The largest absolute Gasteiger partial charge is 0.503 e. The average molecular weight is 441 g/mol. The summed E-state index contributed by atoms with van der Waals surface area (Å²) in [4.78, 5) is 30.1. The number of benzene rings is 3. The topological polar surface area (TPSA) is 60.9 Å². The van der Waals surface area contributed by atoms with Crippen molar-refractivity contribution >= 4 is 23.1 Å². The lowest BCUT2D eigenvalue weighted by Gasteiger charge is -2.27. The van der Waals surface area contributed by atoms with Crippen LogP contribution in [0.1, 0.15) is 29.2 Å². The third-order valence-corrected chi connectivity index (χ3v) is 6.03. The predicted octanol–water partition coefficient (Wildman–Crippen LogP) is 5.16. The lowest BCUT2D eigenvalue weighted by Crippen LogP contribution is -2.31. The smallest absolute Gasteiger partial charge is 0.294 e. The molecular weight excluding hydrogens is 412 g/mol. The van der Waals surface area contributed by atoms with Crippen LogP contribution in [0.25, 0.3) is 0 Å². The zero-order valence-electron chi connectivity index (χ0n) is 19.2. The summed E-state index contributed by atoms with van der Waals surface area (Å²) in [7, 11) is 3.91. The molecule has 0 bridgehead atoms. The van der Waals surface area contributed by atoms with Gasteiger partial charge in [-0.15, -0.1) is 0 Å². The summed E-state index contributed by atoms with van der Waals surface area (Å²) in [5, 5.41) is 10.8. The molecule has 5 nitrogen and oxygen atoms in total. The molecule has 1 aliphatic rings. The van der Waals surface area contributed by atoms with Crippen LogP contribution in [0.15, 0.2) is 90.2 Å². The van der Waals surface area contributed by atoms with Gasteiger partial charge in [0.15, 0.2) is 11.5 Å². The van der Waals surface area contributed by atoms with Gasteiger partial charge in [-0.2, -0.15) is 0 Å². The second-order valence-corrected chi connectivity index (χ2v) is 8.57. The lowest BCUT2D eigenvalue weighted by atomic mass is 9.93. The Morgan fingerprint density at radius 2 is 1.58 bits per heavy atom. The highest BCUT2D eigenvalue weighted by Gasteiger charge is 2.44. The molecule has 1 amide bonds. The van der Waals surface area contributed by atoms with Gasteiger partial charge in [-0.05, 0) is 48.7 Å². The van der Waals surface area contributed by atoms with Crippen molar-refractivity contribution in [2.75, 3.05) is 23.9 Å². The van der Waals surface area contributed by atoms with Crippen molar-refractivity contribution in [1.29, 1.82) is 0 Å². The highest BCUT2D eigenvalue weighted by molar-refractivity contribution is 6.16. The summed E-state index contributed by atoms with van der Waals surface area (Å²) in [5.74, 6) is -1.24. The average Bonchev–Trinajstić information content (AvgIpc) is 3.09. The van der Waals surface area contributed by atoms with Crippen molar-refractivity contribution in [2.24, 2.45) is 0 Å². The molecule has 33 heavy (non-hydrogen) atoms. The van der Waals surface area contributed by atoms with E-state index < -0.39 is 17.7 Å². The Labute approximate surface area is 194 Å². The van der Waals surface area contributed by atoms with Gasteiger partial charge in [0.1, 0.15) is 0 Å². The molecule has 168 valence electrons. The molecule has 1 heterocycles. The SMILES string of the molecule is Cc1ccc(N2C(=O)C(O)=C(C(=O)CCc3ccccc3)C2c2ccc(N(C)C)cc2)cc1. The van der Waals surface area contributed by atoms with E-state index in [0.29, 0.717) is 12.1 Å². The van der Waals surface area contributed by atoms with Gasteiger partial charge in [-0.25, -0.2) is 0 Å². The number of aliphatic hydroxyl groups excluding tert-OH is 1. The maximum atomic E-state index is 13.4. The minimum absolute atomic E-state index is 0.161. The Kier molecular flexibility index (Phi) is 6.31. The number of rotatable bonds is 7. The zero-order chi connectivity index (χ0) is 23.5. The molecule has 0 spiro atoms. The standard InChI is InChI=1S/C28H28N2O3/c1-19-9-14-23(15-10-19)30-26(21-12-16-22(17-13-21)29(2)3)25(27(32)28(30)33)24(31)18-11-20-7-5-4-6-8-20/h4-10,12-17,26,32H,11,18H2,1-3H3. The fraction of sp³-hybridized carbons (Fsp3) is 0.214.